The second-order valence-corrected chi connectivity index (χ2v) is 8.82. The summed E-state index contributed by atoms with van der Waals surface area (Å²) >= 11 is 1.47. The number of hydrogen-bond donors (Lipinski definition) is 0. The molecule has 4 aromatic rings. The number of nitrogens with zero attached hydrogens (tertiary/aromatic N) is 4. The normalized spacial score (nSPS) is 16.0. The predicted octanol–water partition coefficient (Wildman–Crippen LogP) is 5.16. The highest BCUT2D eigenvalue weighted by Crippen LogP contribution is 2.34. The van der Waals surface area contributed by atoms with E-state index in [-0.39, 0.29) is 11.9 Å². The molecule has 5 rings (SSSR count). The lowest BCUT2D eigenvalue weighted by molar-refractivity contribution is 0.0570. The second kappa shape index (κ2) is 9.54. The van der Waals surface area contributed by atoms with Crippen molar-refractivity contribution in [3.8, 4) is 16.3 Å². The van der Waals surface area contributed by atoms with E-state index in [0.717, 1.165) is 41.2 Å². The zero-order valence-electron chi connectivity index (χ0n) is 18.3. The summed E-state index contributed by atoms with van der Waals surface area (Å²) in [5, 5.41) is 0. The molecule has 1 fully saturated rings. The van der Waals surface area contributed by atoms with Crippen molar-refractivity contribution in [2.24, 2.45) is 0 Å². The maximum Gasteiger partial charge on any atom is 0.256 e. The number of piperidine rings is 1. The van der Waals surface area contributed by atoms with Crippen molar-refractivity contribution < 1.29 is 13.9 Å². The van der Waals surface area contributed by atoms with Gasteiger partial charge in [0.25, 0.3) is 5.91 Å². The number of thiazole rings is 1. The molecular formula is C25H24N4O3S. The molecule has 1 aliphatic rings. The highest BCUT2D eigenvalue weighted by Gasteiger charge is 2.33. The minimum absolute atomic E-state index is 0.0549. The van der Waals surface area contributed by atoms with Crippen LogP contribution < -0.4 is 4.74 Å². The van der Waals surface area contributed by atoms with Gasteiger partial charge in [0.2, 0.25) is 5.89 Å². The summed E-state index contributed by atoms with van der Waals surface area (Å²) in [6.07, 6.45) is 8.58. The Kier molecular flexibility index (Phi) is 6.17. The molecule has 4 heterocycles. The SMILES string of the molecule is COc1ccccc1Cc1cnc([C@@H]2CCCCN2C(=O)c2cccnc2-c2cncs2)o1. The Labute approximate surface area is 196 Å². The monoisotopic (exact) mass is 460 g/mol. The van der Waals surface area contributed by atoms with Gasteiger partial charge in [0, 0.05) is 30.9 Å². The fraction of sp³-hybridized carbons (Fsp3) is 0.280. The van der Waals surface area contributed by atoms with E-state index in [0.29, 0.717) is 30.1 Å². The van der Waals surface area contributed by atoms with Gasteiger partial charge in [-0.3, -0.25) is 14.8 Å². The van der Waals surface area contributed by atoms with Crippen molar-refractivity contribution in [3.63, 3.8) is 0 Å². The van der Waals surface area contributed by atoms with Crippen molar-refractivity contribution in [3.05, 3.63) is 83.3 Å². The molecule has 7 nitrogen and oxygen atoms in total. The molecule has 0 spiro atoms. The second-order valence-electron chi connectivity index (χ2n) is 7.93. The molecule has 0 N–H and O–H groups in total. The first-order valence-electron chi connectivity index (χ1n) is 11.0. The van der Waals surface area contributed by atoms with E-state index in [4.69, 9.17) is 9.15 Å². The van der Waals surface area contributed by atoms with Crippen LogP contribution in [0.5, 0.6) is 5.75 Å². The van der Waals surface area contributed by atoms with Crippen LogP contribution in [0.1, 0.15) is 52.9 Å². The minimum atomic E-state index is -0.202. The van der Waals surface area contributed by atoms with E-state index >= 15 is 0 Å². The van der Waals surface area contributed by atoms with Crippen LogP contribution in [-0.2, 0) is 6.42 Å². The number of hydrogen-bond acceptors (Lipinski definition) is 7. The van der Waals surface area contributed by atoms with Gasteiger partial charge in [-0.25, -0.2) is 4.98 Å². The molecule has 0 saturated carbocycles. The summed E-state index contributed by atoms with van der Waals surface area (Å²) in [4.78, 5) is 29.6. The number of carbonyl (C=O) groups excluding carboxylic acids is 1. The Bertz CT molecular complexity index is 1240. The van der Waals surface area contributed by atoms with Gasteiger partial charge in [-0.15, -0.1) is 11.3 Å². The van der Waals surface area contributed by atoms with Gasteiger partial charge in [0.15, 0.2) is 0 Å². The third-order valence-electron chi connectivity index (χ3n) is 5.88. The van der Waals surface area contributed by atoms with E-state index < -0.39 is 0 Å². The van der Waals surface area contributed by atoms with E-state index in [9.17, 15) is 4.79 Å². The number of aromatic nitrogens is 3. The lowest BCUT2D eigenvalue weighted by atomic mass is 10.00. The van der Waals surface area contributed by atoms with E-state index in [1.165, 1.54) is 11.3 Å². The van der Waals surface area contributed by atoms with E-state index in [2.05, 4.69) is 15.0 Å². The Balaban J connectivity index is 1.41. The Morgan fingerprint density at radius 3 is 2.94 bits per heavy atom. The summed E-state index contributed by atoms with van der Waals surface area (Å²) in [7, 11) is 1.66. The number of carbonyl (C=O) groups is 1. The highest BCUT2D eigenvalue weighted by molar-refractivity contribution is 7.13. The molecule has 3 aromatic heterocycles. The zero-order valence-corrected chi connectivity index (χ0v) is 19.1. The van der Waals surface area contributed by atoms with Gasteiger partial charge in [0.1, 0.15) is 17.6 Å². The molecule has 0 radical (unpaired) electrons. The number of likely N-dealkylation sites (tertiary alicyclic amines) is 1. The molecule has 0 unspecified atom stereocenters. The molecule has 0 aliphatic carbocycles. The average Bonchev–Trinajstić information content (AvgIpc) is 3.57. The first-order chi connectivity index (χ1) is 16.2. The van der Waals surface area contributed by atoms with Gasteiger partial charge in [-0.2, -0.15) is 0 Å². The van der Waals surface area contributed by atoms with Crippen LogP contribution in [0.15, 0.2) is 64.9 Å². The van der Waals surface area contributed by atoms with Crippen LogP contribution in [0, 0.1) is 0 Å². The first-order valence-corrected chi connectivity index (χ1v) is 11.8. The van der Waals surface area contributed by atoms with Gasteiger partial charge < -0.3 is 14.1 Å². The van der Waals surface area contributed by atoms with Gasteiger partial charge in [0.05, 0.1) is 35.0 Å². The maximum atomic E-state index is 13.7. The average molecular weight is 461 g/mol. The summed E-state index contributed by atoms with van der Waals surface area (Å²) in [5.41, 5.74) is 4.02. The number of methoxy groups -OCH3 is 1. The third-order valence-corrected chi connectivity index (χ3v) is 6.66. The van der Waals surface area contributed by atoms with Crippen LogP contribution in [-0.4, -0.2) is 39.4 Å². The highest BCUT2D eigenvalue weighted by atomic mass is 32.1. The van der Waals surface area contributed by atoms with Crippen LogP contribution in [0.3, 0.4) is 0 Å². The molecule has 0 bridgehead atoms. The fourth-order valence-corrected chi connectivity index (χ4v) is 4.92. The first kappa shape index (κ1) is 21.3. The van der Waals surface area contributed by atoms with Gasteiger partial charge >= 0.3 is 0 Å². The van der Waals surface area contributed by atoms with Crippen LogP contribution >= 0.6 is 11.3 Å². The Morgan fingerprint density at radius 1 is 1.18 bits per heavy atom. The summed E-state index contributed by atoms with van der Waals surface area (Å²) < 4.78 is 11.6. The van der Waals surface area contributed by atoms with Crippen molar-refractivity contribution in [2.75, 3.05) is 13.7 Å². The van der Waals surface area contributed by atoms with E-state index in [1.54, 1.807) is 37.3 Å². The molecule has 8 heteroatoms. The lowest BCUT2D eigenvalue weighted by Crippen LogP contribution is -2.39. The van der Waals surface area contributed by atoms with Crippen molar-refractivity contribution >= 4 is 17.2 Å². The number of ether oxygens (including phenoxy) is 1. The largest absolute Gasteiger partial charge is 0.496 e. The third kappa shape index (κ3) is 4.39. The number of pyridine rings is 1. The predicted molar refractivity (Wildman–Crippen MR) is 125 cm³/mol. The molecule has 33 heavy (non-hydrogen) atoms. The smallest absolute Gasteiger partial charge is 0.256 e. The summed E-state index contributed by atoms with van der Waals surface area (Å²) in [5.74, 6) is 2.09. The maximum absolute atomic E-state index is 13.7. The zero-order chi connectivity index (χ0) is 22.6. The number of para-hydroxylation sites is 1. The quantitative estimate of drug-likeness (QED) is 0.395. The molecule has 1 saturated heterocycles. The van der Waals surface area contributed by atoms with Crippen LogP contribution in [0.4, 0.5) is 0 Å². The van der Waals surface area contributed by atoms with E-state index in [1.807, 2.05) is 35.2 Å². The fourth-order valence-electron chi connectivity index (χ4n) is 4.29. The van der Waals surface area contributed by atoms with Crippen molar-refractivity contribution in [1.82, 2.24) is 19.9 Å². The van der Waals surface area contributed by atoms with Gasteiger partial charge in [-0.1, -0.05) is 18.2 Å². The van der Waals surface area contributed by atoms with Crippen molar-refractivity contribution in [1.29, 1.82) is 0 Å². The van der Waals surface area contributed by atoms with Crippen LogP contribution in [0.25, 0.3) is 10.6 Å². The number of oxazole rings is 1. The molecule has 1 aromatic carbocycles. The Morgan fingerprint density at radius 2 is 2.09 bits per heavy atom. The minimum Gasteiger partial charge on any atom is -0.496 e. The number of benzene rings is 1. The van der Waals surface area contributed by atoms with Gasteiger partial charge in [-0.05, 0) is 37.5 Å². The molecular weight excluding hydrogens is 436 g/mol. The topological polar surface area (TPSA) is 81.4 Å². The summed E-state index contributed by atoms with van der Waals surface area (Å²) in [6.45, 7) is 0.657. The Hall–Kier alpha value is -3.52. The molecule has 1 atom stereocenters. The number of amides is 1. The van der Waals surface area contributed by atoms with Crippen LogP contribution in [0.2, 0.25) is 0 Å². The van der Waals surface area contributed by atoms with Crippen molar-refractivity contribution in [2.45, 2.75) is 31.7 Å². The molecule has 168 valence electrons. The molecule has 1 amide bonds. The molecule has 1 aliphatic heterocycles. The summed E-state index contributed by atoms with van der Waals surface area (Å²) in [6, 6.07) is 11.3. The lowest BCUT2D eigenvalue weighted by Gasteiger charge is -2.34. The number of rotatable bonds is 6. The standard InChI is InChI=1S/C25H24N4O3S/c1-31-21-10-3-2-7-17(21)13-18-14-28-24(32-18)20-9-4-5-12-29(20)25(30)19-8-6-11-27-23(19)22-15-26-16-33-22/h2-3,6-8,10-11,14-16,20H,4-5,9,12-13H2,1H3/t20-/m0/s1.